The van der Waals surface area contributed by atoms with Gasteiger partial charge in [-0.15, -0.1) is 0 Å². The van der Waals surface area contributed by atoms with Gasteiger partial charge in [-0.05, 0) is 55.3 Å². The Morgan fingerprint density at radius 1 is 1.03 bits per heavy atom. The molecule has 0 aliphatic carbocycles. The second-order valence-electron chi connectivity index (χ2n) is 8.83. The molecule has 1 aromatic heterocycles. The van der Waals surface area contributed by atoms with Crippen molar-refractivity contribution in [2.45, 2.75) is 32.7 Å². The van der Waals surface area contributed by atoms with E-state index in [4.69, 9.17) is 14.5 Å². The van der Waals surface area contributed by atoms with Crippen LogP contribution in [0.2, 0.25) is 0 Å². The smallest absolute Gasteiger partial charge is 0.227 e. The number of hydrogen-bond acceptors (Lipinski definition) is 4. The van der Waals surface area contributed by atoms with Crippen molar-refractivity contribution in [1.29, 1.82) is 0 Å². The predicted molar refractivity (Wildman–Crippen MR) is 134 cm³/mol. The highest BCUT2D eigenvalue weighted by atomic mass is 16.5. The lowest BCUT2D eigenvalue weighted by molar-refractivity contribution is -0.117. The highest BCUT2D eigenvalue weighted by molar-refractivity contribution is 5.96. The summed E-state index contributed by atoms with van der Waals surface area (Å²) in [5, 5.41) is 0. The van der Waals surface area contributed by atoms with E-state index in [1.54, 1.807) is 7.11 Å². The standard InChI is InChI=1S/C28H29N3O3/c1-19-11-12-20(2)26(15-19)34-14-13-30-25-10-5-4-9-24(25)29-28(30)21-16-27(32)31(18-21)22-7-6-8-23(17-22)33-3/h4-12,15,17,21H,13-14,16,18H2,1-3H3/t21-/m1/s1. The fourth-order valence-corrected chi connectivity index (χ4v) is 4.66. The first-order valence-electron chi connectivity index (χ1n) is 11.6. The molecule has 6 nitrogen and oxygen atoms in total. The van der Waals surface area contributed by atoms with E-state index in [2.05, 4.69) is 42.7 Å². The highest BCUT2D eigenvalue weighted by Crippen LogP contribution is 2.34. The van der Waals surface area contributed by atoms with Crippen molar-refractivity contribution in [3.63, 3.8) is 0 Å². The lowest BCUT2D eigenvalue weighted by Crippen LogP contribution is -2.24. The van der Waals surface area contributed by atoms with Gasteiger partial charge < -0.3 is 18.9 Å². The van der Waals surface area contributed by atoms with E-state index in [0.717, 1.165) is 39.6 Å². The molecule has 6 heteroatoms. The largest absolute Gasteiger partial charge is 0.497 e. The first kappa shape index (κ1) is 22.0. The molecule has 0 bridgehead atoms. The molecule has 2 heterocycles. The molecule has 1 saturated heterocycles. The van der Waals surface area contributed by atoms with Crippen LogP contribution >= 0.6 is 0 Å². The van der Waals surface area contributed by atoms with Crippen molar-refractivity contribution >= 4 is 22.6 Å². The SMILES string of the molecule is COc1cccc(N2C[C@H](c3nc4ccccc4n3CCOc3cc(C)ccc3C)CC2=O)c1. The van der Waals surface area contributed by atoms with E-state index in [1.165, 1.54) is 5.56 Å². The van der Waals surface area contributed by atoms with E-state index >= 15 is 0 Å². The predicted octanol–water partition coefficient (Wildman–Crippen LogP) is 5.26. The van der Waals surface area contributed by atoms with Gasteiger partial charge in [0.25, 0.3) is 0 Å². The zero-order valence-electron chi connectivity index (χ0n) is 19.8. The molecule has 3 aromatic carbocycles. The number of anilines is 1. The average Bonchev–Trinajstić information content (AvgIpc) is 3.42. The number of para-hydroxylation sites is 2. The van der Waals surface area contributed by atoms with Gasteiger partial charge in [0.1, 0.15) is 23.9 Å². The second kappa shape index (κ2) is 9.21. The molecule has 0 saturated carbocycles. The zero-order valence-corrected chi connectivity index (χ0v) is 19.8. The molecule has 1 fully saturated rings. The number of amides is 1. The van der Waals surface area contributed by atoms with Crippen LogP contribution in [0.4, 0.5) is 5.69 Å². The minimum absolute atomic E-state index is 0.00630. The van der Waals surface area contributed by atoms with Crippen molar-refractivity contribution in [3.8, 4) is 11.5 Å². The number of rotatable bonds is 7. The third kappa shape index (κ3) is 4.23. The topological polar surface area (TPSA) is 56.6 Å². The van der Waals surface area contributed by atoms with Gasteiger partial charge in [-0.2, -0.15) is 0 Å². The maximum atomic E-state index is 13.0. The van der Waals surface area contributed by atoms with Crippen molar-refractivity contribution in [2.24, 2.45) is 0 Å². The second-order valence-corrected chi connectivity index (χ2v) is 8.83. The van der Waals surface area contributed by atoms with Gasteiger partial charge in [0, 0.05) is 30.6 Å². The number of imidazole rings is 1. The third-order valence-electron chi connectivity index (χ3n) is 6.46. The van der Waals surface area contributed by atoms with Crippen LogP contribution in [0.1, 0.15) is 29.3 Å². The number of benzene rings is 3. The van der Waals surface area contributed by atoms with Crippen LogP contribution in [0.15, 0.2) is 66.7 Å². The third-order valence-corrected chi connectivity index (χ3v) is 6.46. The summed E-state index contributed by atoms with van der Waals surface area (Å²) in [7, 11) is 1.64. The molecule has 1 atom stereocenters. The molecular formula is C28H29N3O3. The fraction of sp³-hybridized carbons (Fsp3) is 0.286. The zero-order chi connectivity index (χ0) is 23.7. The van der Waals surface area contributed by atoms with Gasteiger partial charge in [-0.3, -0.25) is 4.79 Å². The summed E-state index contributed by atoms with van der Waals surface area (Å²) in [6, 6.07) is 22.0. The summed E-state index contributed by atoms with van der Waals surface area (Å²) >= 11 is 0. The number of aromatic nitrogens is 2. The van der Waals surface area contributed by atoms with Crippen LogP contribution in [-0.4, -0.2) is 35.7 Å². The quantitative estimate of drug-likeness (QED) is 0.381. The molecule has 174 valence electrons. The minimum Gasteiger partial charge on any atom is -0.497 e. The first-order chi connectivity index (χ1) is 16.5. The molecular weight excluding hydrogens is 426 g/mol. The number of carbonyl (C=O) groups excluding carboxylic acids is 1. The summed E-state index contributed by atoms with van der Waals surface area (Å²) in [4.78, 5) is 19.8. The van der Waals surface area contributed by atoms with Crippen LogP contribution < -0.4 is 14.4 Å². The molecule has 1 aliphatic heterocycles. The van der Waals surface area contributed by atoms with Gasteiger partial charge in [-0.25, -0.2) is 4.98 Å². The van der Waals surface area contributed by atoms with Crippen LogP contribution in [0.3, 0.4) is 0 Å². The van der Waals surface area contributed by atoms with E-state index in [1.807, 2.05) is 47.4 Å². The number of carbonyl (C=O) groups is 1. The van der Waals surface area contributed by atoms with Crippen LogP contribution in [-0.2, 0) is 11.3 Å². The Kier molecular flexibility index (Phi) is 5.97. The number of fused-ring (bicyclic) bond motifs is 1. The van der Waals surface area contributed by atoms with Gasteiger partial charge >= 0.3 is 0 Å². The number of methoxy groups -OCH3 is 1. The Hall–Kier alpha value is -3.80. The Labute approximate surface area is 199 Å². The van der Waals surface area contributed by atoms with Crippen LogP contribution in [0.5, 0.6) is 11.5 Å². The average molecular weight is 456 g/mol. The van der Waals surface area contributed by atoms with E-state index < -0.39 is 0 Å². The van der Waals surface area contributed by atoms with Gasteiger partial charge in [-0.1, -0.05) is 30.3 Å². The highest BCUT2D eigenvalue weighted by Gasteiger charge is 2.35. The maximum absolute atomic E-state index is 13.0. The lowest BCUT2D eigenvalue weighted by atomic mass is 10.1. The van der Waals surface area contributed by atoms with E-state index in [-0.39, 0.29) is 11.8 Å². The Morgan fingerprint density at radius 3 is 2.74 bits per heavy atom. The first-order valence-corrected chi connectivity index (χ1v) is 11.6. The van der Waals surface area contributed by atoms with Crippen molar-refractivity contribution < 1.29 is 14.3 Å². The van der Waals surface area contributed by atoms with Crippen molar-refractivity contribution in [2.75, 3.05) is 25.2 Å². The summed E-state index contributed by atoms with van der Waals surface area (Å²) in [6.07, 6.45) is 0.429. The summed E-state index contributed by atoms with van der Waals surface area (Å²) in [5.41, 5.74) is 5.16. The molecule has 0 N–H and O–H groups in total. The van der Waals surface area contributed by atoms with Gasteiger partial charge in [0.2, 0.25) is 5.91 Å². The monoisotopic (exact) mass is 455 g/mol. The summed E-state index contributed by atoms with van der Waals surface area (Å²) in [6.45, 7) is 5.90. The number of nitrogens with zero attached hydrogens (tertiary/aromatic N) is 3. The Bertz CT molecular complexity index is 1340. The minimum atomic E-state index is 0.00630. The number of ether oxygens (including phenoxy) is 2. The molecule has 0 spiro atoms. The molecule has 5 rings (SSSR count). The number of aryl methyl sites for hydroxylation is 2. The van der Waals surface area contributed by atoms with Crippen molar-refractivity contribution in [3.05, 3.63) is 83.7 Å². The fourth-order valence-electron chi connectivity index (χ4n) is 4.66. The summed E-state index contributed by atoms with van der Waals surface area (Å²) < 4.78 is 13.7. The molecule has 4 aromatic rings. The van der Waals surface area contributed by atoms with Crippen molar-refractivity contribution in [1.82, 2.24) is 9.55 Å². The molecule has 1 amide bonds. The summed E-state index contributed by atoms with van der Waals surface area (Å²) in [5.74, 6) is 2.69. The van der Waals surface area contributed by atoms with Gasteiger partial charge in [0.15, 0.2) is 0 Å². The Balaban J connectivity index is 1.40. The lowest BCUT2D eigenvalue weighted by Gasteiger charge is -2.18. The Morgan fingerprint density at radius 2 is 1.88 bits per heavy atom. The van der Waals surface area contributed by atoms with Crippen LogP contribution in [0, 0.1) is 13.8 Å². The molecule has 0 radical (unpaired) electrons. The number of hydrogen-bond donors (Lipinski definition) is 0. The van der Waals surface area contributed by atoms with Gasteiger partial charge in [0.05, 0.1) is 24.7 Å². The van der Waals surface area contributed by atoms with Crippen LogP contribution in [0.25, 0.3) is 11.0 Å². The maximum Gasteiger partial charge on any atom is 0.227 e. The molecule has 1 aliphatic rings. The van der Waals surface area contributed by atoms with E-state index in [0.29, 0.717) is 26.1 Å². The normalized spacial score (nSPS) is 15.8. The van der Waals surface area contributed by atoms with E-state index in [9.17, 15) is 4.79 Å². The molecule has 0 unspecified atom stereocenters. The molecule has 34 heavy (non-hydrogen) atoms.